The first-order valence-electron chi connectivity index (χ1n) is 11.2. The molecule has 0 radical (unpaired) electrons. The molecule has 0 aliphatic carbocycles. The van der Waals surface area contributed by atoms with Gasteiger partial charge in [-0.25, -0.2) is 4.98 Å². The molecule has 0 saturated heterocycles. The number of ketones is 2. The number of halogens is 1. The van der Waals surface area contributed by atoms with Gasteiger partial charge in [-0.3, -0.25) is 9.59 Å². The van der Waals surface area contributed by atoms with Crippen LogP contribution < -0.4 is 0 Å². The number of aromatic nitrogens is 2. The Labute approximate surface area is 204 Å². The minimum atomic E-state index is -0.763. The van der Waals surface area contributed by atoms with E-state index in [1.54, 1.807) is 12.4 Å². The summed E-state index contributed by atoms with van der Waals surface area (Å²) in [6, 6.07) is 15.0. The van der Waals surface area contributed by atoms with Crippen LogP contribution in [0.5, 0.6) is 0 Å². The van der Waals surface area contributed by atoms with Gasteiger partial charge in [0.25, 0.3) is 0 Å². The largest absolute Gasteiger partial charge is 0.389 e. The number of rotatable bonds is 7. The van der Waals surface area contributed by atoms with E-state index in [1.807, 2.05) is 65.8 Å². The minimum Gasteiger partial charge on any atom is -0.389 e. The van der Waals surface area contributed by atoms with Crippen molar-refractivity contribution in [3.8, 4) is 0 Å². The molecule has 4 rings (SSSR count). The summed E-state index contributed by atoms with van der Waals surface area (Å²) in [5, 5.41) is 11.5. The molecule has 1 unspecified atom stereocenters. The third-order valence-electron chi connectivity index (χ3n) is 6.47. The number of benzene rings is 2. The Bertz CT molecular complexity index is 1300. The zero-order valence-corrected chi connectivity index (χ0v) is 20.5. The van der Waals surface area contributed by atoms with Gasteiger partial charge in [-0.05, 0) is 51.5 Å². The van der Waals surface area contributed by atoms with Crippen LogP contribution >= 0.6 is 11.6 Å². The molecule has 0 amide bonds. The van der Waals surface area contributed by atoms with Crippen molar-refractivity contribution in [3.05, 3.63) is 88.0 Å². The molecule has 176 valence electrons. The summed E-state index contributed by atoms with van der Waals surface area (Å²) in [6.45, 7) is 7.30. The third kappa shape index (κ3) is 4.31. The fraction of sp³-hybridized carbons (Fsp3) is 0.296. The van der Waals surface area contributed by atoms with Crippen LogP contribution in [-0.2, 0) is 16.1 Å². The Morgan fingerprint density at radius 3 is 2.18 bits per heavy atom. The fourth-order valence-electron chi connectivity index (χ4n) is 4.97. The van der Waals surface area contributed by atoms with Gasteiger partial charge in [0.2, 0.25) is 0 Å². The molecule has 1 N–H and O–H groups in total. The quantitative estimate of drug-likeness (QED) is 0.525. The zero-order valence-electron chi connectivity index (χ0n) is 19.7. The van der Waals surface area contributed by atoms with E-state index in [0.29, 0.717) is 22.7 Å². The van der Waals surface area contributed by atoms with E-state index in [1.165, 1.54) is 13.8 Å². The predicted octanol–water partition coefficient (Wildman–Crippen LogP) is 4.88. The molecule has 0 bridgehead atoms. The first-order valence-corrected chi connectivity index (χ1v) is 11.6. The average Bonchev–Trinajstić information content (AvgIpc) is 3.19. The number of fused-ring (bicyclic) bond motifs is 1. The van der Waals surface area contributed by atoms with Crippen LogP contribution in [0.25, 0.3) is 11.0 Å². The lowest BCUT2D eigenvalue weighted by molar-refractivity contribution is -0.114. The molecule has 0 fully saturated rings. The van der Waals surface area contributed by atoms with Crippen molar-refractivity contribution in [2.24, 2.45) is 0 Å². The van der Waals surface area contributed by atoms with Gasteiger partial charge in [0.1, 0.15) is 0 Å². The molecule has 2 aromatic carbocycles. The predicted molar refractivity (Wildman–Crippen MR) is 133 cm³/mol. The van der Waals surface area contributed by atoms with Gasteiger partial charge in [-0.2, -0.15) is 0 Å². The zero-order chi connectivity index (χ0) is 24.6. The molecule has 1 aliphatic rings. The van der Waals surface area contributed by atoms with Crippen LogP contribution in [0.2, 0.25) is 5.02 Å². The Hall–Kier alpha value is -3.22. The van der Waals surface area contributed by atoms with Crippen molar-refractivity contribution in [2.75, 3.05) is 6.54 Å². The maximum atomic E-state index is 12.9. The van der Waals surface area contributed by atoms with Gasteiger partial charge in [0, 0.05) is 33.5 Å². The van der Waals surface area contributed by atoms with Gasteiger partial charge >= 0.3 is 0 Å². The normalized spacial score (nSPS) is 15.9. The smallest absolute Gasteiger partial charge is 0.158 e. The van der Waals surface area contributed by atoms with Crippen molar-refractivity contribution >= 4 is 34.2 Å². The number of carbonyl (C=O) groups is 2. The average molecular weight is 478 g/mol. The van der Waals surface area contributed by atoms with Gasteiger partial charge < -0.3 is 14.6 Å². The highest BCUT2D eigenvalue weighted by Gasteiger charge is 2.37. The number of aliphatic hydroxyl groups excluding tert-OH is 1. The monoisotopic (exact) mass is 477 g/mol. The van der Waals surface area contributed by atoms with Crippen molar-refractivity contribution in [1.82, 2.24) is 14.5 Å². The highest BCUT2D eigenvalue weighted by Crippen LogP contribution is 2.44. The van der Waals surface area contributed by atoms with Crippen LogP contribution in [0, 0.1) is 0 Å². The van der Waals surface area contributed by atoms with E-state index < -0.39 is 12.0 Å². The van der Waals surface area contributed by atoms with E-state index in [0.717, 1.165) is 28.0 Å². The molecule has 1 atom stereocenters. The summed E-state index contributed by atoms with van der Waals surface area (Å²) >= 11 is 6.51. The number of imidazole rings is 1. The third-order valence-corrected chi connectivity index (χ3v) is 6.81. The van der Waals surface area contributed by atoms with E-state index in [-0.39, 0.29) is 18.1 Å². The van der Waals surface area contributed by atoms with Crippen molar-refractivity contribution < 1.29 is 14.7 Å². The highest BCUT2D eigenvalue weighted by atomic mass is 35.5. The molecule has 3 aromatic rings. The maximum Gasteiger partial charge on any atom is 0.158 e. The van der Waals surface area contributed by atoms with Crippen molar-refractivity contribution in [1.29, 1.82) is 0 Å². The molecule has 1 aliphatic heterocycles. The van der Waals surface area contributed by atoms with Crippen LogP contribution in [0.15, 0.2) is 77.4 Å². The second-order valence-electron chi connectivity index (χ2n) is 8.72. The maximum absolute atomic E-state index is 12.9. The van der Waals surface area contributed by atoms with Crippen LogP contribution in [0.1, 0.15) is 39.2 Å². The first kappa shape index (κ1) is 23.9. The molecule has 2 heterocycles. The minimum absolute atomic E-state index is 0.131. The van der Waals surface area contributed by atoms with Crippen LogP contribution in [0.3, 0.4) is 0 Å². The standard InChI is InChI=1S/C27H28ClN3O3/c1-16-25(18(3)32)27(21-9-5-6-10-22(21)28)26(19(4)33)17(2)31(16)14-20(34)13-30-15-29-23-11-7-8-12-24(23)30/h5-12,15,20,27,34H,13-14H2,1-4H3. The molecular formula is C27H28ClN3O3. The molecule has 0 saturated carbocycles. The number of allylic oxidation sites excluding steroid dienone is 4. The van der Waals surface area contributed by atoms with Gasteiger partial charge in [0.15, 0.2) is 11.6 Å². The summed E-state index contributed by atoms with van der Waals surface area (Å²) in [5.41, 5.74) is 4.99. The van der Waals surface area contributed by atoms with E-state index in [4.69, 9.17) is 11.6 Å². The summed E-state index contributed by atoms with van der Waals surface area (Å²) in [5.74, 6) is -0.808. The second-order valence-corrected chi connectivity index (χ2v) is 9.12. The first-order chi connectivity index (χ1) is 16.2. The Morgan fingerprint density at radius 1 is 0.971 bits per heavy atom. The second kappa shape index (κ2) is 9.57. The number of Topliss-reactive ketones (excluding diaryl/α,β-unsaturated/α-hetero) is 2. The summed E-state index contributed by atoms with van der Waals surface area (Å²) < 4.78 is 1.91. The molecular weight excluding hydrogens is 450 g/mol. The SMILES string of the molecule is CC(=O)C1=C(C)N(CC(O)Cn2cnc3ccccc32)C(C)=C(C(C)=O)C1c1ccccc1Cl. The number of hydrogen-bond acceptors (Lipinski definition) is 5. The molecule has 1 aromatic heterocycles. The number of nitrogens with zero attached hydrogens (tertiary/aromatic N) is 3. The van der Waals surface area contributed by atoms with E-state index >= 15 is 0 Å². The van der Waals surface area contributed by atoms with Crippen molar-refractivity contribution in [3.63, 3.8) is 0 Å². The number of carbonyl (C=O) groups excluding carboxylic acids is 2. The summed E-state index contributed by atoms with van der Waals surface area (Å²) in [4.78, 5) is 32.0. The number of hydrogen-bond donors (Lipinski definition) is 1. The number of para-hydroxylation sites is 2. The summed E-state index contributed by atoms with van der Waals surface area (Å²) in [7, 11) is 0. The van der Waals surface area contributed by atoms with Crippen molar-refractivity contribution in [2.45, 2.75) is 46.3 Å². The topological polar surface area (TPSA) is 75.4 Å². The molecule has 0 spiro atoms. The lowest BCUT2D eigenvalue weighted by Gasteiger charge is -2.39. The van der Waals surface area contributed by atoms with Gasteiger partial charge in [-0.1, -0.05) is 41.9 Å². The van der Waals surface area contributed by atoms with E-state index in [9.17, 15) is 14.7 Å². The Balaban J connectivity index is 1.73. The van der Waals surface area contributed by atoms with Gasteiger partial charge in [0.05, 0.1) is 36.6 Å². The fourth-order valence-corrected chi connectivity index (χ4v) is 5.21. The molecule has 34 heavy (non-hydrogen) atoms. The molecule has 6 nitrogen and oxygen atoms in total. The lowest BCUT2D eigenvalue weighted by Crippen LogP contribution is -2.38. The number of aliphatic hydroxyl groups is 1. The Kier molecular flexibility index (Phi) is 6.73. The summed E-state index contributed by atoms with van der Waals surface area (Å²) in [6.07, 6.45) is 0.950. The Morgan fingerprint density at radius 2 is 1.56 bits per heavy atom. The lowest BCUT2D eigenvalue weighted by atomic mass is 9.77. The van der Waals surface area contributed by atoms with Gasteiger partial charge in [-0.15, -0.1) is 0 Å². The van der Waals surface area contributed by atoms with E-state index in [2.05, 4.69) is 4.98 Å². The number of β-amino-alcohol motifs (C(OH)–C–C–N with tert-alkyl or cyclic N) is 1. The van der Waals surface area contributed by atoms with Crippen LogP contribution in [0.4, 0.5) is 0 Å². The highest BCUT2D eigenvalue weighted by molar-refractivity contribution is 6.31. The molecule has 7 heteroatoms. The van der Waals surface area contributed by atoms with Crippen LogP contribution in [-0.4, -0.2) is 43.8 Å².